The predicted octanol–water partition coefficient (Wildman–Crippen LogP) is 10.3. The molecule has 1 N–H and O–H groups in total. The van der Waals surface area contributed by atoms with Crippen LogP contribution in [-0.2, 0) is 4.79 Å². The van der Waals surface area contributed by atoms with Crippen LogP contribution in [0.1, 0.15) is 148 Å². The lowest BCUT2D eigenvalue weighted by molar-refractivity contribution is -0.137. The van der Waals surface area contributed by atoms with Crippen molar-refractivity contribution >= 4 is 5.97 Å². The van der Waals surface area contributed by atoms with E-state index >= 15 is 0 Å². The van der Waals surface area contributed by atoms with E-state index in [1.54, 1.807) is 0 Å². The molecule has 0 saturated carbocycles. The minimum absolute atomic E-state index is 0.279. The summed E-state index contributed by atoms with van der Waals surface area (Å²) in [4.78, 5) is 10.4. The Hall–Kier alpha value is -1.31. The molecule has 0 atom stereocenters. The molecule has 0 aliphatic carbocycles. The number of rotatable bonds is 25. The summed E-state index contributed by atoms with van der Waals surface area (Å²) in [6.07, 6.45) is 41.1. The molecule has 0 unspecified atom stereocenters. The Labute approximate surface area is 200 Å². The fourth-order valence-electron chi connectivity index (χ4n) is 3.90. The maximum absolute atomic E-state index is 10.4. The normalized spacial score (nSPS) is 12.0. The Morgan fingerprint density at radius 2 is 0.781 bits per heavy atom. The van der Waals surface area contributed by atoms with Crippen LogP contribution < -0.4 is 0 Å². The zero-order valence-corrected chi connectivity index (χ0v) is 21.4. The number of aliphatic carboxylic acids is 1. The Morgan fingerprint density at radius 1 is 0.469 bits per heavy atom. The van der Waals surface area contributed by atoms with Crippen molar-refractivity contribution in [2.24, 2.45) is 0 Å². The van der Waals surface area contributed by atoms with Gasteiger partial charge in [0.2, 0.25) is 0 Å². The summed E-state index contributed by atoms with van der Waals surface area (Å²) in [6, 6.07) is 0. The summed E-state index contributed by atoms with van der Waals surface area (Å²) < 4.78 is 0. The molecule has 186 valence electrons. The third-order valence-electron chi connectivity index (χ3n) is 5.98. The van der Waals surface area contributed by atoms with Gasteiger partial charge < -0.3 is 5.11 Å². The van der Waals surface area contributed by atoms with Crippen molar-refractivity contribution < 1.29 is 9.90 Å². The Morgan fingerprint density at radius 3 is 1.16 bits per heavy atom. The lowest BCUT2D eigenvalue weighted by Crippen LogP contribution is -1.92. The number of hydrogen-bond acceptors (Lipinski definition) is 1. The van der Waals surface area contributed by atoms with E-state index in [1.807, 2.05) is 0 Å². The van der Waals surface area contributed by atoms with Gasteiger partial charge >= 0.3 is 5.97 Å². The Bertz CT molecular complexity index is 461. The standard InChI is InChI=1S/C30H54O2/c1-2-3-4-5-6-7-8-9-10-11-12-13-14-15-16-17-18-19-20-21-22-23-24-25-26-27-28-29-30(31)32/h7-8,21-22,25-26H,2-6,9-20,23-24,27-29H2,1H3,(H,31,32). The average Bonchev–Trinajstić information content (AvgIpc) is 2.78. The number of hydrogen-bond donors (Lipinski definition) is 1. The van der Waals surface area contributed by atoms with E-state index in [9.17, 15) is 4.79 Å². The van der Waals surface area contributed by atoms with Gasteiger partial charge in [0.15, 0.2) is 0 Å². The van der Waals surface area contributed by atoms with E-state index in [0.717, 1.165) is 25.7 Å². The van der Waals surface area contributed by atoms with Crippen molar-refractivity contribution in [3.05, 3.63) is 36.5 Å². The van der Waals surface area contributed by atoms with Gasteiger partial charge in [0.05, 0.1) is 0 Å². The summed E-state index contributed by atoms with van der Waals surface area (Å²) in [6.45, 7) is 2.27. The van der Waals surface area contributed by atoms with Crippen molar-refractivity contribution in [3.63, 3.8) is 0 Å². The molecule has 0 spiro atoms. The summed E-state index contributed by atoms with van der Waals surface area (Å²) >= 11 is 0. The Balaban J connectivity index is 3.17. The molecule has 0 fully saturated rings. The third-order valence-corrected chi connectivity index (χ3v) is 5.98. The number of allylic oxidation sites excluding steroid dienone is 6. The first-order valence-corrected chi connectivity index (χ1v) is 13.9. The van der Waals surface area contributed by atoms with Crippen LogP contribution in [0.3, 0.4) is 0 Å². The van der Waals surface area contributed by atoms with Crippen LogP contribution in [0.5, 0.6) is 0 Å². The van der Waals surface area contributed by atoms with Crippen molar-refractivity contribution in [3.8, 4) is 0 Å². The predicted molar refractivity (Wildman–Crippen MR) is 142 cm³/mol. The smallest absolute Gasteiger partial charge is 0.303 e. The largest absolute Gasteiger partial charge is 0.481 e. The molecule has 2 nitrogen and oxygen atoms in total. The lowest BCUT2D eigenvalue weighted by atomic mass is 10.0. The van der Waals surface area contributed by atoms with Gasteiger partial charge in [-0.2, -0.15) is 0 Å². The highest BCUT2D eigenvalue weighted by molar-refractivity contribution is 5.66. The minimum atomic E-state index is -0.695. The quantitative estimate of drug-likeness (QED) is 0.112. The summed E-state index contributed by atoms with van der Waals surface area (Å²) in [7, 11) is 0. The van der Waals surface area contributed by atoms with Gasteiger partial charge in [0.1, 0.15) is 0 Å². The van der Waals surface area contributed by atoms with Gasteiger partial charge in [0.25, 0.3) is 0 Å². The third kappa shape index (κ3) is 28.7. The Kier molecular flexibility index (Phi) is 26.6. The lowest BCUT2D eigenvalue weighted by Gasteiger charge is -2.02. The molecule has 0 heterocycles. The van der Waals surface area contributed by atoms with E-state index in [2.05, 4.69) is 43.4 Å². The first-order chi connectivity index (χ1) is 15.8. The van der Waals surface area contributed by atoms with E-state index in [4.69, 9.17) is 5.11 Å². The molecule has 0 aromatic carbocycles. The van der Waals surface area contributed by atoms with Crippen molar-refractivity contribution in [1.29, 1.82) is 0 Å². The first kappa shape index (κ1) is 30.7. The molecule has 32 heavy (non-hydrogen) atoms. The first-order valence-electron chi connectivity index (χ1n) is 13.9. The maximum Gasteiger partial charge on any atom is 0.303 e. The molecule has 0 aliphatic rings. The van der Waals surface area contributed by atoms with E-state index in [-0.39, 0.29) is 6.42 Å². The number of carbonyl (C=O) groups is 1. The molecule has 0 rings (SSSR count). The summed E-state index contributed by atoms with van der Waals surface area (Å²) in [5.41, 5.74) is 0. The van der Waals surface area contributed by atoms with E-state index in [0.29, 0.717) is 0 Å². The van der Waals surface area contributed by atoms with E-state index < -0.39 is 5.97 Å². The fourth-order valence-corrected chi connectivity index (χ4v) is 3.90. The average molecular weight is 447 g/mol. The molecule has 0 radical (unpaired) electrons. The second kappa shape index (κ2) is 27.7. The van der Waals surface area contributed by atoms with Gasteiger partial charge in [-0.3, -0.25) is 4.79 Å². The number of carboxylic acid groups (broad SMARTS) is 1. The monoisotopic (exact) mass is 446 g/mol. The van der Waals surface area contributed by atoms with E-state index in [1.165, 1.54) is 109 Å². The number of carboxylic acids is 1. The molecular formula is C30H54O2. The maximum atomic E-state index is 10.4. The fraction of sp³-hybridized carbons (Fsp3) is 0.767. The highest BCUT2D eigenvalue weighted by atomic mass is 16.4. The zero-order valence-electron chi connectivity index (χ0n) is 21.4. The SMILES string of the molecule is CCCCCCC=CCCCCCCCCCCCCC=CCCC=CCCCC(=O)O. The molecular weight excluding hydrogens is 392 g/mol. The second-order valence-electron chi connectivity index (χ2n) is 9.24. The summed E-state index contributed by atoms with van der Waals surface area (Å²) in [5, 5.41) is 8.57. The highest BCUT2D eigenvalue weighted by Crippen LogP contribution is 2.13. The zero-order chi connectivity index (χ0) is 23.4. The molecule has 0 aromatic heterocycles. The van der Waals surface area contributed by atoms with Crippen LogP contribution in [0, 0.1) is 0 Å². The van der Waals surface area contributed by atoms with Crippen LogP contribution in [0.4, 0.5) is 0 Å². The van der Waals surface area contributed by atoms with Crippen molar-refractivity contribution in [2.45, 2.75) is 148 Å². The molecule has 0 saturated heterocycles. The van der Waals surface area contributed by atoms with Crippen LogP contribution in [0.2, 0.25) is 0 Å². The van der Waals surface area contributed by atoms with Crippen LogP contribution in [0.15, 0.2) is 36.5 Å². The second-order valence-corrected chi connectivity index (χ2v) is 9.24. The van der Waals surface area contributed by atoms with Crippen molar-refractivity contribution in [2.75, 3.05) is 0 Å². The molecule has 2 heteroatoms. The van der Waals surface area contributed by atoms with Gasteiger partial charge in [-0.05, 0) is 64.2 Å². The molecule has 0 amide bonds. The molecule has 0 bridgehead atoms. The summed E-state index contributed by atoms with van der Waals surface area (Å²) in [5.74, 6) is -0.695. The van der Waals surface area contributed by atoms with Gasteiger partial charge in [-0.1, -0.05) is 114 Å². The van der Waals surface area contributed by atoms with Crippen molar-refractivity contribution in [1.82, 2.24) is 0 Å². The topological polar surface area (TPSA) is 37.3 Å². The van der Waals surface area contributed by atoms with Crippen LogP contribution >= 0.6 is 0 Å². The molecule has 0 aliphatic heterocycles. The molecule has 0 aromatic rings. The number of unbranched alkanes of at least 4 members (excludes halogenated alkanes) is 17. The van der Waals surface area contributed by atoms with Gasteiger partial charge in [-0.25, -0.2) is 0 Å². The minimum Gasteiger partial charge on any atom is -0.481 e. The van der Waals surface area contributed by atoms with Gasteiger partial charge in [-0.15, -0.1) is 0 Å². The highest BCUT2D eigenvalue weighted by Gasteiger charge is 1.94. The van der Waals surface area contributed by atoms with Crippen LogP contribution in [0.25, 0.3) is 0 Å². The van der Waals surface area contributed by atoms with Crippen LogP contribution in [-0.4, -0.2) is 11.1 Å². The van der Waals surface area contributed by atoms with Gasteiger partial charge in [0, 0.05) is 6.42 Å².